The summed E-state index contributed by atoms with van der Waals surface area (Å²) in [5, 5.41) is 5.40. The normalized spacial score (nSPS) is 19.3. The Kier molecular flexibility index (Phi) is 4.80. The molecule has 2 N–H and O–H groups in total. The maximum absolute atomic E-state index is 12.1. The van der Waals surface area contributed by atoms with Crippen LogP contribution in [0.5, 0.6) is 0 Å². The fraction of sp³-hybridized carbons (Fsp3) is 0.438. The standard InChI is InChI=1S/C16H21N3O3/c1-10(2)14-15(21)19(16(22)18-14)9-13(20)17-11(3)12-7-5-4-6-8-12/h4-8,10-11,14H,9H2,1-3H3,(H,17,20)(H,18,22). The van der Waals surface area contributed by atoms with Gasteiger partial charge in [0.15, 0.2) is 0 Å². The number of hydrogen-bond donors (Lipinski definition) is 2. The first-order valence-electron chi connectivity index (χ1n) is 7.36. The minimum absolute atomic E-state index is 0.00671. The van der Waals surface area contributed by atoms with Gasteiger partial charge in [0.25, 0.3) is 5.91 Å². The lowest BCUT2D eigenvalue weighted by Crippen LogP contribution is -2.42. The molecule has 0 radical (unpaired) electrons. The molecule has 1 aromatic rings. The highest BCUT2D eigenvalue weighted by molar-refractivity contribution is 6.06. The van der Waals surface area contributed by atoms with Crippen LogP contribution in [-0.4, -0.2) is 35.3 Å². The summed E-state index contributed by atoms with van der Waals surface area (Å²) in [7, 11) is 0. The highest BCUT2D eigenvalue weighted by Crippen LogP contribution is 2.14. The van der Waals surface area contributed by atoms with Gasteiger partial charge in [-0.25, -0.2) is 4.79 Å². The van der Waals surface area contributed by atoms with E-state index in [4.69, 9.17) is 0 Å². The van der Waals surface area contributed by atoms with Gasteiger partial charge in [0.1, 0.15) is 12.6 Å². The maximum Gasteiger partial charge on any atom is 0.325 e. The number of carbonyl (C=O) groups is 3. The van der Waals surface area contributed by atoms with Crippen LogP contribution in [0.1, 0.15) is 32.4 Å². The van der Waals surface area contributed by atoms with Crippen molar-refractivity contribution in [1.29, 1.82) is 0 Å². The molecule has 6 heteroatoms. The Morgan fingerprint density at radius 1 is 1.23 bits per heavy atom. The summed E-state index contributed by atoms with van der Waals surface area (Å²) in [4.78, 5) is 37.0. The second-order valence-electron chi connectivity index (χ2n) is 5.80. The number of carbonyl (C=O) groups excluding carboxylic acids is 3. The molecule has 1 heterocycles. The third kappa shape index (κ3) is 3.44. The van der Waals surface area contributed by atoms with Crippen LogP contribution in [0.4, 0.5) is 4.79 Å². The van der Waals surface area contributed by atoms with Gasteiger partial charge in [-0.05, 0) is 18.4 Å². The van der Waals surface area contributed by atoms with Crippen LogP contribution in [0, 0.1) is 5.92 Å². The van der Waals surface area contributed by atoms with Crippen molar-refractivity contribution in [2.75, 3.05) is 6.54 Å². The predicted octanol–water partition coefficient (Wildman–Crippen LogP) is 1.44. The Morgan fingerprint density at radius 3 is 2.41 bits per heavy atom. The van der Waals surface area contributed by atoms with Crippen LogP contribution < -0.4 is 10.6 Å². The van der Waals surface area contributed by atoms with Crippen molar-refractivity contribution < 1.29 is 14.4 Å². The second kappa shape index (κ2) is 6.60. The zero-order valence-corrected chi connectivity index (χ0v) is 13.0. The fourth-order valence-corrected chi connectivity index (χ4v) is 2.40. The summed E-state index contributed by atoms with van der Waals surface area (Å²) < 4.78 is 0. The van der Waals surface area contributed by atoms with Gasteiger partial charge in [-0.3, -0.25) is 14.5 Å². The van der Waals surface area contributed by atoms with E-state index in [0.717, 1.165) is 10.5 Å². The minimum atomic E-state index is -0.549. The van der Waals surface area contributed by atoms with E-state index in [-0.39, 0.29) is 30.3 Å². The molecule has 2 atom stereocenters. The quantitative estimate of drug-likeness (QED) is 0.808. The molecule has 118 valence electrons. The highest BCUT2D eigenvalue weighted by Gasteiger charge is 2.40. The van der Waals surface area contributed by atoms with Crippen LogP contribution in [0.15, 0.2) is 30.3 Å². The van der Waals surface area contributed by atoms with Crippen LogP contribution in [0.3, 0.4) is 0 Å². The van der Waals surface area contributed by atoms with Gasteiger partial charge < -0.3 is 10.6 Å². The number of nitrogens with one attached hydrogen (secondary N) is 2. The molecule has 2 unspecified atom stereocenters. The van der Waals surface area contributed by atoms with Crippen LogP contribution in [0.25, 0.3) is 0 Å². The SMILES string of the molecule is CC(NC(=O)CN1C(=O)NC(C(C)C)C1=O)c1ccccc1. The maximum atomic E-state index is 12.1. The van der Waals surface area contributed by atoms with E-state index in [0.29, 0.717) is 0 Å². The first-order valence-corrected chi connectivity index (χ1v) is 7.36. The minimum Gasteiger partial charge on any atom is -0.348 e. The largest absolute Gasteiger partial charge is 0.348 e. The van der Waals surface area contributed by atoms with Gasteiger partial charge in [0.2, 0.25) is 5.91 Å². The fourth-order valence-electron chi connectivity index (χ4n) is 2.40. The first-order chi connectivity index (χ1) is 10.4. The molecule has 1 aliphatic heterocycles. The monoisotopic (exact) mass is 303 g/mol. The van der Waals surface area contributed by atoms with E-state index in [2.05, 4.69) is 10.6 Å². The average Bonchev–Trinajstić information content (AvgIpc) is 2.76. The summed E-state index contributed by atoms with van der Waals surface area (Å²) in [6.45, 7) is 5.30. The molecule has 0 saturated carbocycles. The number of urea groups is 1. The summed E-state index contributed by atoms with van der Waals surface area (Å²) in [5.74, 6) is -0.709. The number of nitrogens with zero attached hydrogens (tertiary/aromatic N) is 1. The van der Waals surface area contributed by atoms with Crippen LogP contribution >= 0.6 is 0 Å². The Morgan fingerprint density at radius 2 is 1.86 bits per heavy atom. The average molecular weight is 303 g/mol. The second-order valence-corrected chi connectivity index (χ2v) is 5.80. The zero-order valence-electron chi connectivity index (χ0n) is 13.0. The number of rotatable bonds is 5. The van der Waals surface area contributed by atoms with E-state index in [1.807, 2.05) is 51.1 Å². The van der Waals surface area contributed by atoms with Crippen molar-refractivity contribution in [3.05, 3.63) is 35.9 Å². The molecule has 1 aromatic carbocycles. The van der Waals surface area contributed by atoms with Crippen molar-refractivity contribution in [2.24, 2.45) is 5.92 Å². The molecular weight excluding hydrogens is 282 g/mol. The smallest absolute Gasteiger partial charge is 0.325 e. The third-order valence-corrected chi connectivity index (χ3v) is 3.70. The molecule has 1 saturated heterocycles. The Labute approximate surface area is 129 Å². The molecule has 0 aliphatic carbocycles. The summed E-state index contributed by atoms with van der Waals surface area (Å²) >= 11 is 0. The lowest BCUT2D eigenvalue weighted by molar-refractivity contribution is -0.133. The lowest BCUT2D eigenvalue weighted by Gasteiger charge is -2.17. The topological polar surface area (TPSA) is 78.5 Å². The van der Waals surface area contributed by atoms with Gasteiger partial charge in [0.05, 0.1) is 6.04 Å². The summed E-state index contributed by atoms with van der Waals surface area (Å²) in [6, 6.07) is 8.26. The van der Waals surface area contributed by atoms with Gasteiger partial charge in [-0.15, -0.1) is 0 Å². The van der Waals surface area contributed by atoms with Gasteiger partial charge in [0, 0.05) is 0 Å². The molecule has 22 heavy (non-hydrogen) atoms. The van der Waals surface area contributed by atoms with E-state index in [9.17, 15) is 14.4 Å². The van der Waals surface area contributed by atoms with E-state index in [1.54, 1.807) is 0 Å². The molecular formula is C16H21N3O3. The van der Waals surface area contributed by atoms with Crippen molar-refractivity contribution >= 4 is 17.8 Å². The molecule has 0 aromatic heterocycles. The van der Waals surface area contributed by atoms with Crippen molar-refractivity contribution in [3.63, 3.8) is 0 Å². The number of hydrogen-bond acceptors (Lipinski definition) is 3. The first kappa shape index (κ1) is 16.0. The van der Waals surface area contributed by atoms with Gasteiger partial charge >= 0.3 is 6.03 Å². The predicted molar refractivity (Wildman–Crippen MR) is 81.9 cm³/mol. The zero-order chi connectivity index (χ0) is 16.3. The lowest BCUT2D eigenvalue weighted by atomic mass is 10.1. The highest BCUT2D eigenvalue weighted by atomic mass is 16.2. The third-order valence-electron chi connectivity index (χ3n) is 3.70. The molecule has 6 nitrogen and oxygen atoms in total. The Bertz CT molecular complexity index is 571. The van der Waals surface area contributed by atoms with Crippen molar-refractivity contribution in [1.82, 2.24) is 15.5 Å². The molecule has 1 fully saturated rings. The number of imide groups is 1. The van der Waals surface area contributed by atoms with Gasteiger partial charge in [-0.1, -0.05) is 44.2 Å². The summed E-state index contributed by atoms with van der Waals surface area (Å²) in [6.07, 6.45) is 0. The molecule has 0 bridgehead atoms. The molecule has 0 spiro atoms. The van der Waals surface area contributed by atoms with Crippen LogP contribution in [0.2, 0.25) is 0 Å². The van der Waals surface area contributed by atoms with Crippen LogP contribution in [-0.2, 0) is 9.59 Å². The molecule has 4 amide bonds. The van der Waals surface area contributed by atoms with E-state index < -0.39 is 12.1 Å². The number of benzene rings is 1. The Balaban J connectivity index is 1.95. The van der Waals surface area contributed by atoms with E-state index in [1.165, 1.54) is 0 Å². The van der Waals surface area contributed by atoms with Crippen molar-refractivity contribution in [2.45, 2.75) is 32.9 Å². The number of amides is 4. The van der Waals surface area contributed by atoms with Gasteiger partial charge in [-0.2, -0.15) is 0 Å². The molecule has 2 rings (SSSR count). The van der Waals surface area contributed by atoms with E-state index >= 15 is 0 Å². The van der Waals surface area contributed by atoms with Crippen molar-refractivity contribution in [3.8, 4) is 0 Å². The summed E-state index contributed by atoms with van der Waals surface area (Å²) in [5.41, 5.74) is 0.966. The molecule has 1 aliphatic rings. The Hall–Kier alpha value is -2.37.